The van der Waals surface area contributed by atoms with E-state index in [4.69, 9.17) is 0 Å². The molecular formula is C15H24BrNO2S. The van der Waals surface area contributed by atoms with E-state index >= 15 is 0 Å². The van der Waals surface area contributed by atoms with Crippen molar-refractivity contribution in [2.24, 2.45) is 0 Å². The number of rotatable bonds is 5. The van der Waals surface area contributed by atoms with E-state index in [1.807, 2.05) is 20.8 Å². The molecule has 0 aliphatic carbocycles. The lowest BCUT2D eigenvalue weighted by atomic mass is 10.2. The molecule has 5 heteroatoms. The summed E-state index contributed by atoms with van der Waals surface area (Å²) in [4.78, 5) is 10.9. The van der Waals surface area contributed by atoms with Crippen molar-refractivity contribution in [3.63, 3.8) is 0 Å². The maximum absolute atomic E-state index is 9.60. The molecular weight excluding hydrogens is 338 g/mol. The highest BCUT2D eigenvalue weighted by molar-refractivity contribution is 9.10. The predicted molar refractivity (Wildman–Crippen MR) is 89.9 cm³/mol. The fraction of sp³-hybridized carbons (Fsp3) is 0.533. The third-order valence-corrected chi connectivity index (χ3v) is 4.02. The molecule has 0 amide bonds. The molecule has 114 valence electrons. The normalized spacial score (nSPS) is 10.5. The third kappa shape index (κ3) is 9.39. The Morgan fingerprint density at radius 2 is 2.05 bits per heavy atom. The molecule has 1 N–H and O–H groups in total. The average Bonchev–Trinajstić information content (AvgIpc) is 2.34. The first-order valence-electron chi connectivity index (χ1n) is 6.58. The molecule has 20 heavy (non-hydrogen) atoms. The number of benzene rings is 1. The molecule has 0 aliphatic heterocycles. The van der Waals surface area contributed by atoms with Crippen molar-refractivity contribution in [1.29, 1.82) is 0 Å². The largest absolute Gasteiger partial charge is 0.462 e. The molecule has 0 saturated heterocycles. The zero-order valence-electron chi connectivity index (χ0n) is 12.8. The maximum atomic E-state index is 9.60. The van der Waals surface area contributed by atoms with Crippen LogP contribution in [0, 0.1) is 6.92 Å². The zero-order chi connectivity index (χ0) is 15.6. The molecule has 0 spiro atoms. The SMILES string of the molecule is CC(C)(C)OC=O.CCCNSc1cccc(Br)c1C. The van der Waals surface area contributed by atoms with Gasteiger partial charge in [-0.2, -0.15) is 0 Å². The summed E-state index contributed by atoms with van der Waals surface area (Å²) in [7, 11) is 0. The second-order valence-electron chi connectivity index (χ2n) is 5.19. The first-order valence-corrected chi connectivity index (χ1v) is 8.19. The summed E-state index contributed by atoms with van der Waals surface area (Å²) in [6.45, 7) is 11.3. The van der Waals surface area contributed by atoms with Gasteiger partial charge in [0.1, 0.15) is 5.60 Å². The highest BCUT2D eigenvalue weighted by Gasteiger charge is 2.07. The molecule has 0 bridgehead atoms. The van der Waals surface area contributed by atoms with E-state index in [1.54, 1.807) is 11.9 Å². The van der Waals surface area contributed by atoms with Gasteiger partial charge in [0, 0.05) is 15.9 Å². The highest BCUT2D eigenvalue weighted by Crippen LogP contribution is 2.25. The fourth-order valence-electron chi connectivity index (χ4n) is 1.07. The minimum absolute atomic E-state index is 0.318. The Balaban J connectivity index is 0.000000441. The van der Waals surface area contributed by atoms with Gasteiger partial charge in [-0.3, -0.25) is 9.52 Å². The van der Waals surface area contributed by atoms with Crippen molar-refractivity contribution >= 4 is 34.4 Å². The molecule has 1 rings (SSSR count). The van der Waals surface area contributed by atoms with Crippen LogP contribution in [0.5, 0.6) is 0 Å². The van der Waals surface area contributed by atoms with Gasteiger partial charge in [0.25, 0.3) is 6.47 Å². The lowest BCUT2D eigenvalue weighted by Crippen LogP contribution is -2.17. The monoisotopic (exact) mass is 361 g/mol. The first-order chi connectivity index (χ1) is 9.31. The Morgan fingerprint density at radius 3 is 2.50 bits per heavy atom. The molecule has 0 radical (unpaired) electrons. The summed E-state index contributed by atoms with van der Waals surface area (Å²) in [5.41, 5.74) is 0.984. The summed E-state index contributed by atoms with van der Waals surface area (Å²) in [6.07, 6.45) is 1.17. The number of hydrogen-bond acceptors (Lipinski definition) is 4. The van der Waals surface area contributed by atoms with E-state index in [0.717, 1.165) is 6.54 Å². The molecule has 3 nitrogen and oxygen atoms in total. The molecule has 0 fully saturated rings. The number of hydrogen-bond donors (Lipinski definition) is 1. The van der Waals surface area contributed by atoms with Gasteiger partial charge in [-0.1, -0.05) is 28.9 Å². The van der Waals surface area contributed by atoms with Crippen LogP contribution in [0.1, 0.15) is 39.7 Å². The van der Waals surface area contributed by atoms with Crippen LogP contribution in [0.2, 0.25) is 0 Å². The molecule has 1 aromatic rings. The lowest BCUT2D eigenvalue weighted by Gasteiger charge is -2.14. The maximum Gasteiger partial charge on any atom is 0.293 e. The average molecular weight is 362 g/mol. The van der Waals surface area contributed by atoms with Crippen LogP contribution in [0.25, 0.3) is 0 Å². The summed E-state index contributed by atoms with van der Waals surface area (Å²) in [5.74, 6) is 0. The number of halogens is 1. The minimum Gasteiger partial charge on any atom is -0.462 e. The number of ether oxygens (including phenoxy) is 1. The minimum atomic E-state index is -0.318. The van der Waals surface area contributed by atoms with Crippen LogP contribution < -0.4 is 4.72 Å². The lowest BCUT2D eigenvalue weighted by molar-refractivity contribution is -0.138. The van der Waals surface area contributed by atoms with E-state index in [1.165, 1.54) is 21.4 Å². The quantitative estimate of drug-likeness (QED) is 0.467. The van der Waals surface area contributed by atoms with Crippen molar-refractivity contribution in [2.45, 2.75) is 51.5 Å². The molecule has 0 unspecified atom stereocenters. The second-order valence-corrected chi connectivity index (χ2v) is 6.97. The van der Waals surface area contributed by atoms with Crippen LogP contribution >= 0.6 is 27.9 Å². The van der Waals surface area contributed by atoms with Crippen molar-refractivity contribution in [3.8, 4) is 0 Å². The molecule has 0 heterocycles. The Labute approximate surface area is 135 Å². The Kier molecular flexibility index (Phi) is 9.98. The van der Waals surface area contributed by atoms with Gasteiger partial charge in [-0.15, -0.1) is 0 Å². The van der Waals surface area contributed by atoms with Gasteiger partial charge in [-0.05, 0) is 63.8 Å². The first kappa shape index (κ1) is 19.5. The Morgan fingerprint density at radius 1 is 1.40 bits per heavy atom. The van der Waals surface area contributed by atoms with E-state index in [2.05, 4.69) is 57.4 Å². The van der Waals surface area contributed by atoms with E-state index < -0.39 is 0 Å². The number of nitrogens with one attached hydrogen (secondary N) is 1. The summed E-state index contributed by atoms with van der Waals surface area (Å²) >= 11 is 5.22. The number of carbonyl (C=O) groups is 1. The molecule has 0 aromatic heterocycles. The van der Waals surface area contributed by atoms with Crippen LogP contribution in [-0.2, 0) is 9.53 Å². The van der Waals surface area contributed by atoms with Crippen molar-refractivity contribution in [1.82, 2.24) is 4.72 Å². The predicted octanol–water partition coefficient (Wildman–Crippen LogP) is 4.72. The van der Waals surface area contributed by atoms with Gasteiger partial charge in [0.2, 0.25) is 0 Å². The van der Waals surface area contributed by atoms with Gasteiger partial charge < -0.3 is 4.74 Å². The van der Waals surface area contributed by atoms with Gasteiger partial charge in [0.05, 0.1) is 0 Å². The van der Waals surface area contributed by atoms with E-state index in [0.29, 0.717) is 6.47 Å². The van der Waals surface area contributed by atoms with Crippen LogP contribution in [-0.4, -0.2) is 18.6 Å². The van der Waals surface area contributed by atoms with Crippen LogP contribution in [0.3, 0.4) is 0 Å². The fourth-order valence-corrected chi connectivity index (χ4v) is 2.44. The molecule has 1 aromatic carbocycles. The van der Waals surface area contributed by atoms with Gasteiger partial charge in [0.15, 0.2) is 0 Å². The molecule has 0 atom stereocenters. The van der Waals surface area contributed by atoms with Crippen molar-refractivity contribution in [2.75, 3.05) is 6.54 Å². The summed E-state index contributed by atoms with van der Waals surface area (Å²) < 4.78 is 9.04. The Bertz CT molecular complexity index is 405. The van der Waals surface area contributed by atoms with Gasteiger partial charge in [-0.25, -0.2) is 0 Å². The number of carbonyl (C=O) groups excluding carboxylic acids is 1. The van der Waals surface area contributed by atoms with Crippen LogP contribution in [0.4, 0.5) is 0 Å². The van der Waals surface area contributed by atoms with Crippen molar-refractivity contribution < 1.29 is 9.53 Å². The second kappa shape index (κ2) is 10.2. The highest BCUT2D eigenvalue weighted by atomic mass is 79.9. The Hall–Kier alpha value is -0.520. The van der Waals surface area contributed by atoms with Crippen LogP contribution in [0.15, 0.2) is 27.6 Å². The standard InChI is InChI=1S/C10H14BrNS.C5H10O2/c1-3-7-12-13-10-6-4-5-9(11)8(10)2;1-5(2,3)7-4-6/h4-6,12H,3,7H2,1-2H3;4H,1-3H3. The summed E-state index contributed by atoms with van der Waals surface area (Å²) in [6, 6.07) is 6.26. The topological polar surface area (TPSA) is 38.3 Å². The smallest absolute Gasteiger partial charge is 0.293 e. The van der Waals surface area contributed by atoms with E-state index in [-0.39, 0.29) is 5.60 Å². The zero-order valence-corrected chi connectivity index (χ0v) is 15.2. The van der Waals surface area contributed by atoms with E-state index in [9.17, 15) is 4.79 Å². The van der Waals surface area contributed by atoms with Crippen molar-refractivity contribution in [3.05, 3.63) is 28.2 Å². The third-order valence-electron chi connectivity index (χ3n) is 2.15. The molecule has 0 saturated carbocycles. The summed E-state index contributed by atoms with van der Waals surface area (Å²) in [5, 5.41) is 0. The molecule has 0 aliphatic rings. The van der Waals surface area contributed by atoms with Gasteiger partial charge >= 0.3 is 0 Å².